The summed E-state index contributed by atoms with van der Waals surface area (Å²) in [5.41, 5.74) is 1.54. The molecule has 41 heavy (non-hydrogen) atoms. The summed E-state index contributed by atoms with van der Waals surface area (Å²) in [7, 11) is -3.89. The molecule has 1 saturated heterocycles. The van der Waals surface area contributed by atoms with Gasteiger partial charge in [0.25, 0.3) is 0 Å². The molecule has 1 amide bonds. The van der Waals surface area contributed by atoms with Gasteiger partial charge in [-0.25, -0.2) is 23.5 Å². The molecule has 0 aliphatic carbocycles. The Morgan fingerprint density at radius 3 is 2.51 bits per heavy atom. The Morgan fingerprint density at radius 1 is 1.17 bits per heavy atom. The molecule has 0 saturated carbocycles. The highest BCUT2D eigenvalue weighted by Gasteiger charge is 2.31. The molecule has 2 aliphatic heterocycles. The van der Waals surface area contributed by atoms with Crippen LogP contribution < -0.4 is 10.2 Å². The lowest BCUT2D eigenvalue weighted by Gasteiger charge is -2.28. The van der Waals surface area contributed by atoms with E-state index in [0.717, 1.165) is 54.6 Å². The van der Waals surface area contributed by atoms with E-state index in [2.05, 4.69) is 15.2 Å². The van der Waals surface area contributed by atoms with Crippen molar-refractivity contribution in [3.8, 4) is 0 Å². The Bertz CT molecular complexity index is 1530. The number of carbonyl (C=O) groups excluding carboxylic acids is 1. The Labute approximate surface area is 247 Å². The van der Waals surface area contributed by atoms with Gasteiger partial charge in [-0.05, 0) is 77.4 Å². The monoisotopic (exact) mass is 626 g/mol. The molecule has 0 aromatic heterocycles. The molecule has 222 valence electrons. The standard InChI is InChI=1S/C28H33ClF2N4O4S2/c1-18(20-12-19(8-9-22(20)30)15-34-10-6-5-7-11-34)33-24-14-23(31)25(13-21(24)29)35(27(36)39-28(2,3)4)26-16-40(17-32-26)41(37)38/h8-9,12-14,16-18,33H,5-7,10-11,15H2,1-4H3/t18?,40-/m0/s1. The van der Waals surface area contributed by atoms with Crippen molar-refractivity contribution in [2.45, 2.75) is 65.1 Å². The number of benzene rings is 2. The van der Waals surface area contributed by atoms with Crippen molar-refractivity contribution in [3.05, 3.63) is 69.3 Å². The van der Waals surface area contributed by atoms with Gasteiger partial charge in [-0.15, -0.1) is 0 Å². The fourth-order valence-electron chi connectivity index (χ4n) is 4.61. The van der Waals surface area contributed by atoms with Crippen molar-refractivity contribution in [2.75, 3.05) is 23.3 Å². The number of nitrogens with zero attached hydrogens (tertiary/aromatic N) is 3. The van der Waals surface area contributed by atoms with Crippen molar-refractivity contribution in [1.29, 1.82) is 0 Å². The smallest absolute Gasteiger partial charge is 0.420 e. The van der Waals surface area contributed by atoms with Gasteiger partial charge in [0.15, 0.2) is 5.82 Å². The molecule has 0 bridgehead atoms. The van der Waals surface area contributed by atoms with Crippen molar-refractivity contribution in [3.63, 3.8) is 0 Å². The average molecular weight is 627 g/mol. The summed E-state index contributed by atoms with van der Waals surface area (Å²) in [6, 6.07) is 6.80. The molecular formula is C28H33ClF2N4O4S2. The van der Waals surface area contributed by atoms with E-state index < -0.39 is 48.1 Å². The normalized spacial score (nSPS) is 18.1. The van der Waals surface area contributed by atoms with Crippen LogP contribution >= 0.6 is 11.6 Å². The van der Waals surface area contributed by atoms with Gasteiger partial charge in [0.1, 0.15) is 17.2 Å². The minimum absolute atomic E-state index is 0.0562. The summed E-state index contributed by atoms with van der Waals surface area (Å²) >= 11 is 6.54. The van der Waals surface area contributed by atoms with Crippen LogP contribution in [-0.2, 0) is 30.0 Å². The van der Waals surface area contributed by atoms with E-state index in [1.807, 2.05) is 6.07 Å². The summed E-state index contributed by atoms with van der Waals surface area (Å²) in [4.78, 5) is 20.3. The zero-order valence-electron chi connectivity index (χ0n) is 23.3. The van der Waals surface area contributed by atoms with E-state index in [9.17, 15) is 17.6 Å². The maximum absolute atomic E-state index is 15.6. The van der Waals surface area contributed by atoms with Crippen LogP contribution in [0.1, 0.15) is 64.1 Å². The maximum Gasteiger partial charge on any atom is 0.420 e. The maximum atomic E-state index is 15.6. The van der Waals surface area contributed by atoms with Crippen LogP contribution in [0.5, 0.6) is 0 Å². The molecule has 8 nitrogen and oxygen atoms in total. The van der Waals surface area contributed by atoms with Crippen LogP contribution in [0.4, 0.5) is 25.0 Å². The van der Waals surface area contributed by atoms with Gasteiger partial charge in [-0.2, -0.15) is 8.42 Å². The van der Waals surface area contributed by atoms with E-state index in [1.54, 1.807) is 33.8 Å². The zero-order valence-corrected chi connectivity index (χ0v) is 25.7. The van der Waals surface area contributed by atoms with Crippen LogP contribution in [0.15, 0.2) is 46.6 Å². The Balaban J connectivity index is 1.62. The number of halogens is 3. The molecule has 2 aromatic rings. The number of amides is 1. The van der Waals surface area contributed by atoms with E-state index >= 15 is 4.39 Å². The molecule has 2 heterocycles. The number of carbonyl (C=O) groups is 1. The molecule has 2 aromatic carbocycles. The Hall–Kier alpha value is -2.80. The van der Waals surface area contributed by atoms with Crippen molar-refractivity contribution < 1.29 is 26.7 Å². The number of nitrogens with one attached hydrogen (secondary N) is 1. The molecule has 1 unspecified atom stereocenters. The third-order valence-corrected chi connectivity index (χ3v) is 9.38. The number of aliphatic imine (C=N–C) groups is 1. The molecule has 1 N–H and O–H groups in total. The van der Waals surface area contributed by atoms with Crippen LogP contribution in [-0.4, -0.2) is 43.6 Å². The van der Waals surface area contributed by atoms with E-state index in [-0.39, 0.29) is 22.2 Å². The molecule has 4 rings (SSSR count). The second kappa shape index (κ2) is 13.0. The van der Waals surface area contributed by atoms with Gasteiger partial charge in [-0.3, -0.25) is 4.90 Å². The van der Waals surface area contributed by atoms with Crippen LogP contribution in [0, 0.1) is 11.6 Å². The Morgan fingerprint density at radius 2 is 1.88 bits per heavy atom. The van der Waals surface area contributed by atoms with Gasteiger partial charge in [0.05, 0.1) is 28.0 Å². The van der Waals surface area contributed by atoms with Crippen LogP contribution in [0.3, 0.4) is 0 Å². The van der Waals surface area contributed by atoms with E-state index in [4.69, 9.17) is 16.3 Å². The zero-order chi connectivity index (χ0) is 29.9. The fourth-order valence-corrected chi connectivity index (χ4v) is 6.45. The first kappa shape index (κ1) is 31.1. The first-order chi connectivity index (χ1) is 19.3. The van der Waals surface area contributed by atoms with Crippen LogP contribution in [0.2, 0.25) is 5.02 Å². The molecule has 2 aliphatic rings. The average Bonchev–Trinajstić information content (AvgIpc) is 3.38. The molecular weight excluding hydrogens is 594 g/mol. The van der Waals surface area contributed by atoms with Crippen molar-refractivity contribution in [2.24, 2.45) is 4.99 Å². The lowest BCUT2D eigenvalue weighted by molar-refractivity contribution is 0.0591. The number of rotatable bonds is 7. The van der Waals surface area contributed by atoms with Gasteiger partial charge in [0.2, 0.25) is 9.26 Å². The predicted molar refractivity (Wildman–Crippen MR) is 161 cm³/mol. The Kier molecular flexibility index (Phi) is 9.89. The summed E-state index contributed by atoms with van der Waals surface area (Å²) in [6.07, 6.45) is 2.57. The lowest BCUT2D eigenvalue weighted by Crippen LogP contribution is -2.36. The molecule has 2 atom stereocenters. The number of anilines is 2. The number of likely N-dealkylation sites (tertiary alicyclic amines) is 1. The number of ether oxygens (including phenoxy) is 1. The molecule has 13 heteroatoms. The highest BCUT2D eigenvalue weighted by molar-refractivity contribution is 8.42. The first-order valence-electron chi connectivity index (χ1n) is 13.2. The summed E-state index contributed by atoms with van der Waals surface area (Å²) < 4.78 is 58.8. The number of hydrogen-bond donors (Lipinski definition) is 1. The third-order valence-electron chi connectivity index (χ3n) is 6.50. The predicted octanol–water partition coefficient (Wildman–Crippen LogP) is 6.77. The minimum atomic E-state index is -2.50. The SMILES string of the molecule is CC(Nc1cc(F)c(N(C(=O)OC(C)(C)C)C2=C[S@](=S(=O)=O)C=N2)cc1Cl)c1cc(CN2CCCCC2)ccc1F. The van der Waals surface area contributed by atoms with Gasteiger partial charge in [-0.1, -0.05) is 24.1 Å². The summed E-state index contributed by atoms with van der Waals surface area (Å²) in [6.45, 7) is 9.44. The van der Waals surface area contributed by atoms with Crippen molar-refractivity contribution in [1.82, 2.24) is 4.90 Å². The number of piperidine rings is 1. The summed E-state index contributed by atoms with van der Waals surface area (Å²) in [5, 5.41) is 4.37. The highest BCUT2D eigenvalue weighted by atomic mass is 35.5. The van der Waals surface area contributed by atoms with E-state index in [0.29, 0.717) is 5.56 Å². The van der Waals surface area contributed by atoms with Crippen LogP contribution in [0.25, 0.3) is 0 Å². The van der Waals surface area contributed by atoms with E-state index in [1.165, 1.54) is 24.0 Å². The van der Waals surface area contributed by atoms with Crippen molar-refractivity contribution >= 4 is 53.3 Å². The van der Waals surface area contributed by atoms with Gasteiger partial charge in [0, 0.05) is 33.0 Å². The number of hydrogen-bond acceptors (Lipinski definition) is 7. The second-order valence-corrected chi connectivity index (χ2v) is 14.8. The largest absolute Gasteiger partial charge is 0.443 e. The third kappa shape index (κ3) is 7.94. The molecule has 1 fully saturated rings. The lowest BCUT2D eigenvalue weighted by atomic mass is 10.0. The molecule has 0 radical (unpaired) electrons. The summed E-state index contributed by atoms with van der Waals surface area (Å²) in [5.74, 6) is -1.35. The van der Waals surface area contributed by atoms with Gasteiger partial charge >= 0.3 is 6.09 Å². The topological polar surface area (TPSA) is 91.3 Å². The molecule has 0 spiro atoms. The highest BCUT2D eigenvalue weighted by Crippen LogP contribution is 2.36. The fraction of sp³-hybridized carbons (Fsp3) is 0.429. The quantitative estimate of drug-likeness (QED) is 0.365. The second-order valence-electron chi connectivity index (χ2n) is 10.9. The first-order valence-corrected chi connectivity index (χ1v) is 16.5. The van der Waals surface area contributed by atoms with Gasteiger partial charge < -0.3 is 10.1 Å². The minimum Gasteiger partial charge on any atom is -0.443 e.